The van der Waals surface area contributed by atoms with Crippen LogP contribution in [0.2, 0.25) is 0 Å². The fourth-order valence-corrected chi connectivity index (χ4v) is 3.24. The molecule has 4 heteroatoms. The van der Waals surface area contributed by atoms with E-state index in [-0.39, 0.29) is 6.61 Å². The summed E-state index contributed by atoms with van der Waals surface area (Å²) < 4.78 is 5.03. The second-order valence-corrected chi connectivity index (χ2v) is 7.56. The fourth-order valence-electron chi connectivity index (χ4n) is 3.24. The molecule has 0 aliphatic carbocycles. The van der Waals surface area contributed by atoms with Gasteiger partial charge < -0.3 is 14.9 Å². The maximum atomic E-state index is 11.8. The summed E-state index contributed by atoms with van der Waals surface area (Å²) in [6, 6.07) is 0. The Morgan fingerprint density at radius 1 is 0.769 bits per heavy atom. The number of rotatable bonds is 19. The van der Waals surface area contributed by atoms with Crippen molar-refractivity contribution in [2.45, 2.75) is 116 Å². The molecule has 2 unspecified atom stereocenters. The van der Waals surface area contributed by atoms with Gasteiger partial charge in [-0.05, 0) is 12.8 Å². The molecule has 0 aromatic carbocycles. The van der Waals surface area contributed by atoms with Crippen molar-refractivity contribution in [1.29, 1.82) is 0 Å². The van der Waals surface area contributed by atoms with Crippen LogP contribution < -0.4 is 0 Å². The van der Waals surface area contributed by atoms with Gasteiger partial charge in [0.05, 0.1) is 19.3 Å². The SMILES string of the molecule is CCCCCCCCCCCCCCCC(O)C(CO)C(=O)OCCC. The van der Waals surface area contributed by atoms with Gasteiger partial charge in [0, 0.05) is 0 Å². The van der Waals surface area contributed by atoms with Gasteiger partial charge in [-0.2, -0.15) is 0 Å². The first-order chi connectivity index (χ1) is 12.7. The topological polar surface area (TPSA) is 66.8 Å². The highest BCUT2D eigenvalue weighted by Crippen LogP contribution is 2.16. The van der Waals surface area contributed by atoms with Gasteiger partial charge in [0.2, 0.25) is 0 Å². The Kier molecular flexibility index (Phi) is 18.7. The third kappa shape index (κ3) is 14.5. The minimum atomic E-state index is -0.794. The first-order valence-electron chi connectivity index (χ1n) is 11.1. The summed E-state index contributed by atoms with van der Waals surface area (Å²) in [5.74, 6) is -1.27. The van der Waals surface area contributed by atoms with Gasteiger partial charge >= 0.3 is 5.97 Å². The zero-order valence-electron chi connectivity index (χ0n) is 17.4. The Morgan fingerprint density at radius 3 is 1.65 bits per heavy atom. The van der Waals surface area contributed by atoms with Gasteiger partial charge in [-0.3, -0.25) is 4.79 Å². The molecule has 0 spiro atoms. The molecule has 0 radical (unpaired) electrons. The van der Waals surface area contributed by atoms with Crippen LogP contribution in [0.5, 0.6) is 0 Å². The molecule has 0 amide bonds. The van der Waals surface area contributed by atoms with E-state index < -0.39 is 18.0 Å². The highest BCUT2D eigenvalue weighted by molar-refractivity contribution is 5.73. The minimum absolute atomic E-state index is 0.345. The van der Waals surface area contributed by atoms with Crippen LogP contribution in [-0.2, 0) is 9.53 Å². The number of esters is 1. The number of aliphatic hydroxyl groups excluding tert-OH is 2. The average molecular weight is 373 g/mol. The summed E-state index contributed by atoms with van der Waals surface area (Å²) in [5, 5.41) is 19.4. The molecule has 4 nitrogen and oxygen atoms in total. The van der Waals surface area contributed by atoms with Crippen molar-refractivity contribution in [2.24, 2.45) is 5.92 Å². The van der Waals surface area contributed by atoms with Crippen LogP contribution in [0.1, 0.15) is 110 Å². The van der Waals surface area contributed by atoms with E-state index in [0.717, 1.165) is 19.3 Å². The lowest BCUT2D eigenvalue weighted by Gasteiger charge is -2.19. The quantitative estimate of drug-likeness (QED) is 0.236. The molecule has 0 fully saturated rings. The van der Waals surface area contributed by atoms with E-state index in [4.69, 9.17) is 4.74 Å². The first-order valence-corrected chi connectivity index (χ1v) is 11.1. The van der Waals surface area contributed by atoms with Crippen LogP contribution in [0.15, 0.2) is 0 Å². The molecule has 2 atom stereocenters. The lowest BCUT2D eigenvalue weighted by atomic mass is 9.97. The Morgan fingerprint density at radius 2 is 1.23 bits per heavy atom. The smallest absolute Gasteiger partial charge is 0.313 e. The molecule has 0 aliphatic heterocycles. The molecule has 156 valence electrons. The van der Waals surface area contributed by atoms with E-state index >= 15 is 0 Å². The van der Waals surface area contributed by atoms with E-state index in [9.17, 15) is 15.0 Å². The fraction of sp³-hybridized carbons (Fsp3) is 0.955. The van der Waals surface area contributed by atoms with Gasteiger partial charge in [0.15, 0.2) is 0 Å². The highest BCUT2D eigenvalue weighted by atomic mass is 16.5. The second kappa shape index (κ2) is 19.2. The van der Waals surface area contributed by atoms with Crippen LogP contribution in [0.3, 0.4) is 0 Å². The van der Waals surface area contributed by atoms with Crippen molar-refractivity contribution in [3.63, 3.8) is 0 Å². The summed E-state index contributed by atoms with van der Waals surface area (Å²) in [4.78, 5) is 11.8. The molecule has 26 heavy (non-hydrogen) atoms. The molecule has 0 saturated carbocycles. The third-order valence-corrected chi connectivity index (χ3v) is 5.02. The van der Waals surface area contributed by atoms with Crippen LogP contribution in [0, 0.1) is 5.92 Å². The minimum Gasteiger partial charge on any atom is -0.465 e. The Hall–Kier alpha value is -0.610. The Balaban J connectivity index is 3.49. The summed E-state index contributed by atoms with van der Waals surface area (Å²) in [6.45, 7) is 4.18. The van der Waals surface area contributed by atoms with Gasteiger partial charge in [-0.15, -0.1) is 0 Å². The monoisotopic (exact) mass is 372 g/mol. The van der Waals surface area contributed by atoms with Gasteiger partial charge in [-0.25, -0.2) is 0 Å². The lowest BCUT2D eigenvalue weighted by Crippen LogP contribution is -2.33. The van der Waals surface area contributed by atoms with Gasteiger partial charge in [-0.1, -0.05) is 97.3 Å². The van der Waals surface area contributed by atoms with E-state index in [1.165, 1.54) is 70.6 Å². The largest absolute Gasteiger partial charge is 0.465 e. The molecular formula is C22H44O4. The lowest BCUT2D eigenvalue weighted by molar-refractivity contribution is -0.154. The van der Waals surface area contributed by atoms with Crippen LogP contribution >= 0.6 is 0 Å². The predicted molar refractivity (Wildman–Crippen MR) is 108 cm³/mol. The summed E-state index contributed by atoms with van der Waals surface area (Å²) in [6.07, 6.45) is 17.2. The molecule has 0 aliphatic rings. The van der Waals surface area contributed by atoms with Crippen molar-refractivity contribution < 1.29 is 19.7 Å². The molecule has 2 N–H and O–H groups in total. The van der Waals surface area contributed by atoms with Gasteiger partial charge in [0.25, 0.3) is 0 Å². The van der Waals surface area contributed by atoms with Crippen molar-refractivity contribution in [3.05, 3.63) is 0 Å². The van der Waals surface area contributed by atoms with Gasteiger partial charge in [0.1, 0.15) is 5.92 Å². The summed E-state index contributed by atoms with van der Waals surface area (Å²) in [5.41, 5.74) is 0. The average Bonchev–Trinajstić information content (AvgIpc) is 2.64. The van der Waals surface area contributed by atoms with E-state index in [1.54, 1.807) is 0 Å². The molecule has 0 aromatic heterocycles. The molecule has 0 aromatic rings. The third-order valence-electron chi connectivity index (χ3n) is 5.02. The summed E-state index contributed by atoms with van der Waals surface area (Å²) >= 11 is 0. The normalized spacial score (nSPS) is 13.5. The number of unbranched alkanes of at least 4 members (excludes halogenated alkanes) is 12. The van der Waals surface area contributed by atoms with E-state index in [0.29, 0.717) is 13.0 Å². The standard InChI is InChI=1S/C22H44O4/c1-3-5-6-7-8-9-10-11-12-13-14-15-16-17-21(24)20(19-23)22(25)26-18-4-2/h20-21,23-24H,3-19H2,1-2H3. The number of hydrogen-bond donors (Lipinski definition) is 2. The molecule has 0 heterocycles. The molecule has 0 rings (SSSR count). The Bertz CT molecular complexity index is 307. The molecule has 0 saturated heterocycles. The van der Waals surface area contributed by atoms with Crippen molar-refractivity contribution >= 4 is 5.97 Å². The number of ether oxygens (including phenoxy) is 1. The number of carbonyl (C=O) groups is 1. The van der Waals surface area contributed by atoms with Crippen molar-refractivity contribution in [1.82, 2.24) is 0 Å². The Labute approximate surface area is 161 Å². The van der Waals surface area contributed by atoms with Crippen molar-refractivity contribution in [3.8, 4) is 0 Å². The maximum absolute atomic E-state index is 11.8. The highest BCUT2D eigenvalue weighted by Gasteiger charge is 2.27. The zero-order valence-corrected chi connectivity index (χ0v) is 17.4. The molecule has 0 bridgehead atoms. The number of hydrogen-bond acceptors (Lipinski definition) is 4. The predicted octanol–water partition coefficient (Wildman–Crippen LogP) is 5.39. The zero-order chi connectivity index (χ0) is 19.5. The van der Waals surface area contributed by atoms with Crippen LogP contribution in [0.25, 0.3) is 0 Å². The number of aliphatic hydroxyl groups is 2. The van der Waals surface area contributed by atoms with Crippen molar-refractivity contribution in [2.75, 3.05) is 13.2 Å². The van der Waals surface area contributed by atoms with Crippen LogP contribution in [0.4, 0.5) is 0 Å². The van der Waals surface area contributed by atoms with E-state index in [2.05, 4.69) is 6.92 Å². The number of carbonyl (C=O) groups excluding carboxylic acids is 1. The maximum Gasteiger partial charge on any atom is 0.313 e. The second-order valence-electron chi connectivity index (χ2n) is 7.56. The van der Waals surface area contributed by atoms with Crippen LogP contribution in [-0.4, -0.2) is 35.5 Å². The summed E-state index contributed by atoms with van der Waals surface area (Å²) in [7, 11) is 0. The van der Waals surface area contributed by atoms with E-state index in [1.807, 2.05) is 6.92 Å². The first kappa shape index (κ1) is 25.4. The molecular weight excluding hydrogens is 328 g/mol.